The van der Waals surface area contributed by atoms with Gasteiger partial charge in [0.25, 0.3) is 11.5 Å². The summed E-state index contributed by atoms with van der Waals surface area (Å²) in [5.41, 5.74) is 4.15. The second kappa shape index (κ2) is 12.3. The SMILES string of the molecule is NCCO.O=C(NCCO)c1ccc2cc(CCc3c(C(=O)O)[nH]c(=O)[nH]c3=O)ccc2c1. The van der Waals surface area contributed by atoms with Crippen LogP contribution in [0.5, 0.6) is 0 Å². The van der Waals surface area contributed by atoms with Crippen LogP contribution in [0, 0.1) is 0 Å². The van der Waals surface area contributed by atoms with E-state index in [1.807, 2.05) is 23.2 Å². The zero-order valence-electron chi connectivity index (χ0n) is 17.8. The maximum Gasteiger partial charge on any atom is 0.352 e. The van der Waals surface area contributed by atoms with Gasteiger partial charge < -0.3 is 31.4 Å². The molecular weight excluding hydrogens is 432 g/mol. The molecule has 0 radical (unpaired) electrons. The smallest absolute Gasteiger partial charge is 0.352 e. The van der Waals surface area contributed by atoms with Crippen LogP contribution in [0.3, 0.4) is 0 Å². The largest absolute Gasteiger partial charge is 0.477 e. The van der Waals surface area contributed by atoms with Crippen LogP contribution < -0.4 is 22.3 Å². The summed E-state index contributed by atoms with van der Waals surface area (Å²) in [5, 5.41) is 30.1. The maximum absolute atomic E-state index is 12.0. The average Bonchev–Trinajstić information content (AvgIpc) is 2.81. The van der Waals surface area contributed by atoms with Crippen molar-refractivity contribution in [2.45, 2.75) is 12.8 Å². The summed E-state index contributed by atoms with van der Waals surface area (Å²) >= 11 is 0. The van der Waals surface area contributed by atoms with Crippen molar-refractivity contribution in [2.75, 3.05) is 26.3 Å². The quantitative estimate of drug-likeness (QED) is 0.231. The minimum absolute atomic E-state index is 0.00750. The Labute approximate surface area is 187 Å². The first-order chi connectivity index (χ1) is 15.8. The van der Waals surface area contributed by atoms with Crippen LogP contribution in [-0.2, 0) is 12.8 Å². The summed E-state index contributed by atoms with van der Waals surface area (Å²) in [4.78, 5) is 50.8. The van der Waals surface area contributed by atoms with E-state index in [0.717, 1.165) is 16.3 Å². The van der Waals surface area contributed by atoms with Crippen molar-refractivity contribution in [3.8, 4) is 0 Å². The number of hydrogen-bond donors (Lipinski definition) is 7. The van der Waals surface area contributed by atoms with Crippen molar-refractivity contribution in [1.82, 2.24) is 15.3 Å². The van der Waals surface area contributed by atoms with Crippen molar-refractivity contribution < 1.29 is 24.9 Å². The van der Waals surface area contributed by atoms with Gasteiger partial charge in [-0.3, -0.25) is 14.6 Å². The molecule has 1 amide bonds. The molecule has 0 unspecified atom stereocenters. The monoisotopic (exact) mass is 458 g/mol. The number of aromatic carboxylic acids is 1. The third-order valence-corrected chi connectivity index (χ3v) is 4.61. The minimum atomic E-state index is -1.37. The number of aliphatic hydroxyl groups excluding tert-OH is 2. The fourth-order valence-electron chi connectivity index (χ4n) is 3.07. The molecule has 0 saturated carbocycles. The number of carboxylic acids is 1. The molecule has 0 aliphatic heterocycles. The highest BCUT2D eigenvalue weighted by Gasteiger charge is 2.15. The second-order valence-electron chi connectivity index (χ2n) is 6.96. The number of aliphatic hydroxyl groups is 2. The molecule has 0 spiro atoms. The molecule has 0 atom stereocenters. The van der Waals surface area contributed by atoms with Gasteiger partial charge in [0.1, 0.15) is 5.69 Å². The van der Waals surface area contributed by atoms with Crippen molar-refractivity contribution in [2.24, 2.45) is 5.73 Å². The molecule has 0 aliphatic rings. The normalized spacial score (nSPS) is 10.4. The van der Waals surface area contributed by atoms with E-state index in [9.17, 15) is 24.3 Å². The first-order valence-electron chi connectivity index (χ1n) is 10.1. The number of carbonyl (C=O) groups is 2. The minimum Gasteiger partial charge on any atom is -0.477 e. The molecule has 11 heteroatoms. The number of carbonyl (C=O) groups excluding carboxylic acids is 1. The molecule has 0 aliphatic carbocycles. The van der Waals surface area contributed by atoms with Gasteiger partial charge in [-0.25, -0.2) is 9.59 Å². The molecule has 11 nitrogen and oxygen atoms in total. The number of carboxylic acid groups (broad SMARTS) is 1. The van der Waals surface area contributed by atoms with Gasteiger partial charge in [-0.05, 0) is 41.3 Å². The molecule has 1 heterocycles. The summed E-state index contributed by atoms with van der Waals surface area (Å²) in [6, 6.07) is 10.8. The molecule has 176 valence electrons. The highest BCUT2D eigenvalue weighted by atomic mass is 16.4. The van der Waals surface area contributed by atoms with E-state index in [2.05, 4.69) is 10.3 Å². The molecule has 0 fully saturated rings. The number of aryl methyl sites for hydroxylation is 1. The van der Waals surface area contributed by atoms with Crippen LogP contribution in [0.4, 0.5) is 0 Å². The van der Waals surface area contributed by atoms with Gasteiger partial charge in [0, 0.05) is 24.2 Å². The number of nitrogens with one attached hydrogen (secondary N) is 3. The lowest BCUT2D eigenvalue weighted by Gasteiger charge is -2.08. The summed E-state index contributed by atoms with van der Waals surface area (Å²) < 4.78 is 0. The molecule has 0 saturated heterocycles. The number of rotatable bonds is 8. The number of aromatic nitrogens is 2. The van der Waals surface area contributed by atoms with Gasteiger partial charge >= 0.3 is 11.7 Å². The molecule has 0 bridgehead atoms. The van der Waals surface area contributed by atoms with Crippen LogP contribution in [0.15, 0.2) is 46.0 Å². The van der Waals surface area contributed by atoms with Crippen LogP contribution in [0.2, 0.25) is 0 Å². The van der Waals surface area contributed by atoms with E-state index in [1.165, 1.54) is 0 Å². The van der Waals surface area contributed by atoms with Crippen LogP contribution in [-0.4, -0.2) is 63.5 Å². The highest BCUT2D eigenvalue weighted by Crippen LogP contribution is 2.19. The van der Waals surface area contributed by atoms with E-state index in [-0.39, 0.29) is 37.6 Å². The Morgan fingerprint density at radius 3 is 2.24 bits per heavy atom. The topological polar surface area (TPSA) is 199 Å². The molecule has 33 heavy (non-hydrogen) atoms. The summed E-state index contributed by atoms with van der Waals surface area (Å²) in [6.07, 6.45) is 0.533. The molecule has 3 rings (SSSR count). The summed E-state index contributed by atoms with van der Waals surface area (Å²) in [5.74, 6) is -1.64. The Hall–Kier alpha value is -3.80. The Bertz CT molecular complexity index is 1230. The van der Waals surface area contributed by atoms with E-state index >= 15 is 0 Å². The average molecular weight is 458 g/mol. The van der Waals surface area contributed by atoms with Crippen molar-refractivity contribution >= 4 is 22.6 Å². The fraction of sp³-hybridized carbons (Fsp3) is 0.273. The Kier molecular flexibility index (Phi) is 9.48. The standard InChI is InChI=1S/C20H19N3O6.C2H7NO/c24-8-7-21-17(25)14-5-4-12-9-11(1-3-13(12)10-14)2-6-15-16(19(27)28)22-20(29)23-18(15)26;3-1-2-4/h1,3-5,9-10,24H,2,6-8H2,(H,21,25)(H,27,28)(H2,22,23,26,29);4H,1-3H2. The van der Waals surface area contributed by atoms with E-state index in [0.29, 0.717) is 18.5 Å². The number of nitrogens with two attached hydrogens (primary N) is 1. The van der Waals surface area contributed by atoms with Crippen LogP contribution in [0.25, 0.3) is 10.8 Å². The van der Waals surface area contributed by atoms with Gasteiger partial charge in [0.2, 0.25) is 0 Å². The van der Waals surface area contributed by atoms with Gasteiger partial charge in [0.05, 0.1) is 13.2 Å². The van der Waals surface area contributed by atoms with Gasteiger partial charge in [-0.15, -0.1) is 0 Å². The zero-order valence-corrected chi connectivity index (χ0v) is 17.8. The summed E-state index contributed by atoms with van der Waals surface area (Å²) in [6.45, 7) is 0.516. The van der Waals surface area contributed by atoms with E-state index < -0.39 is 22.9 Å². The van der Waals surface area contributed by atoms with Gasteiger partial charge in [-0.2, -0.15) is 0 Å². The highest BCUT2D eigenvalue weighted by molar-refractivity contribution is 5.98. The number of aromatic amines is 2. The molecule has 8 N–H and O–H groups in total. The first-order valence-corrected chi connectivity index (χ1v) is 10.1. The Morgan fingerprint density at radius 2 is 1.61 bits per heavy atom. The van der Waals surface area contributed by atoms with Crippen LogP contribution >= 0.6 is 0 Å². The third-order valence-electron chi connectivity index (χ3n) is 4.61. The zero-order chi connectivity index (χ0) is 24.4. The van der Waals surface area contributed by atoms with E-state index in [4.69, 9.17) is 15.9 Å². The third kappa shape index (κ3) is 7.10. The van der Waals surface area contributed by atoms with Crippen molar-refractivity contribution in [3.63, 3.8) is 0 Å². The number of fused-ring (bicyclic) bond motifs is 1. The lowest BCUT2D eigenvalue weighted by molar-refractivity contribution is 0.0688. The van der Waals surface area contributed by atoms with Crippen LogP contribution in [0.1, 0.15) is 32.0 Å². The molecule has 1 aromatic heterocycles. The fourth-order valence-corrected chi connectivity index (χ4v) is 3.07. The number of hydrogen-bond acceptors (Lipinski definition) is 7. The lowest BCUT2D eigenvalue weighted by Crippen LogP contribution is -2.30. The Balaban J connectivity index is 0.000000890. The second-order valence-corrected chi connectivity index (χ2v) is 6.96. The Morgan fingerprint density at radius 1 is 0.939 bits per heavy atom. The van der Waals surface area contributed by atoms with Gasteiger partial charge in [0.15, 0.2) is 0 Å². The molecule has 2 aromatic carbocycles. The van der Waals surface area contributed by atoms with E-state index in [1.54, 1.807) is 18.2 Å². The molecule has 3 aromatic rings. The predicted octanol–water partition coefficient (Wildman–Crippen LogP) is -0.641. The number of benzene rings is 2. The predicted molar refractivity (Wildman–Crippen MR) is 122 cm³/mol. The van der Waals surface area contributed by atoms with Crippen molar-refractivity contribution in [3.05, 3.63) is 79.6 Å². The lowest BCUT2D eigenvalue weighted by atomic mass is 9.99. The molecular formula is C22H26N4O7. The number of H-pyrrole nitrogens is 2. The number of amides is 1. The van der Waals surface area contributed by atoms with Gasteiger partial charge in [-0.1, -0.05) is 24.3 Å². The summed E-state index contributed by atoms with van der Waals surface area (Å²) in [7, 11) is 0. The van der Waals surface area contributed by atoms with Crippen molar-refractivity contribution in [1.29, 1.82) is 0 Å². The maximum atomic E-state index is 12.0. The first kappa shape index (κ1) is 25.5.